The fourth-order valence-corrected chi connectivity index (χ4v) is 1.18. The average Bonchev–Trinajstić information content (AvgIpc) is 2.87. The molecule has 1 aliphatic rings. The van der Waals surface area contributed by atoms with Crippen molar-refractivity contribution in [2.75, 3.05) is 6.54 Å². The van der Waals surface area contributed by atoms with E-state index in [0.29, 0.717) is 11.6 Å². The Morgan fingerprint density at radius 3 is 2.92 bits per heavy atom. The van der Waals surface area contributed by atoms with Crippen LogP contribution in [0.15, 0.2) is 24.3 Å². The molecular weight excluding hydrogens is 154 g/mol. The predicted molar refractivity (Wildman–Crippen MR) is 44.1 cm³/mol. The van der Waals surface area contributed by atoms with Crippen LogP contribution in [0.3, 0.4) is 0 Å². The molecule has 0 spiro atoms. The van der Waals surface area contributed by atoms with E-state index in [0.717, 1.165) is 12.1 Å². The molecule has 3 nitrogen and oxygen atoms in total. The summed E-state index contributed by atoms with van der Waals surface area (Å²) in [5, 5.41) is 11.8. The Balaban J connectivity index is 2.32. The van der Waals surface area contributed by atoms with E-state index in [9.17, 15) is 4.79 Å². The summed E-state index contributed by atoms with van der Waals surface area (Å²) in [5.41, 5.74) is 1.43. The second kappa shape index (κ2) is 2.60. The molecule has 1 fully saturated rings. The molecule has 0 unspecified atom stereocenters. The number of hydrogen-bond donors (Lipinski definition) is 2. The second-order valence-electron chi connectivity index (χ2n) is 2.89. The minimum Gasteiger partial charge on any atom is -0.478 e. The average molecular weight is 163 g/mol. The van der Waals surface area contributed by atoms with Gasteiger partial charge in [0.05, 0.1) is 5.56 Å². The van der Waals surface area contributed by atoms with Gasteiger partial charge in [0.2, 0.25) is 0 Å². The third-order valence-electron chi connectivity index (χ3n) is 1.94. The van der Waals surface area contributed by atoms with Gasteiger partial charge in [-0.3, -0.25) is 0 Å². The molecule has 1 atom stereocenters. The van der Waals surface area contributed by atoms with Crippen molar-refractivity contribution in [3.63, 3.8) is 0 Å². The van der Waals surface area contributed by atoms with Crippen molar-refractivity contribution in [1.29, 1.82) is 0 Å². The highest BCUT2D eigenvalue weighted by Gasteiger charge is 2.22. The quantitative estimate of drug-likeness (QED) is 0.640. The van der Waals surface area contributed by atoms with E-state index >= 15 is 0 Å². The molecule has 0 saturated carbocycles. The first-order chi connectivity index (χ1) is 5.77. The van der Waals surface area contributed by atoms with E-state index < -0.39 is 5.97 Å². The number of hydrogen-bond acceptors (Lipinski definition) is 2. The van der Waals surface area contributed by atoms with Gasteiger partial charge >= 0.3 is 5.97 Å². The molecule has 2 N–H and O–H groups in total. The molecule has 1 heterocycles. The first-order valence-corrected chi connectivity index (χ1v) is 3.84. The van der Waals surface area contributed by atoms with Crippen molar-refractivity contribution in [2.24, 2.45) is 0 Å². The van der Waals surface area contributed by atoms with Crippen LogP contribution in [0.2, 0.25) is 0 Å². The summed E-state index contributed by atoms with van der Waals surface area (Å²) in [4.78, 5) is 10.6. The van der Waals surface area contributed by atoms with Gasteiger partial charge in [-0.05, 0) is 17.7 Å². The Hall–Kier alpha value is -1.35. The minimum absolute atomic E-state index is 0.362. The molecule has 0 radical (unpaired) electrons. The fourth-order valence-electron chi connectivity index (χ4n) is 1.18. The number of benzene rings is 1. The van der Waals surface area contributed by atoms with Gasteiger partial charge in [-0.1, -0.05) is 12.1 Å². The van der Waals surface area contributed by atoms with Crippen LogP contribution in [0.25, 0.3) is 0 Å². The molecule has 0 aromatic heterocycles. The van der Waals surface area contributed by atoms with Gasteiger partial charge < -0.3 is 10.4 Å². The maximum atomic E-state index is 10.6. The molecule has 1 aromatic rings. The molecule has 1 aliphatic heterocycles. The largest absolute Gasteiger partial charge is 0.478 e. The van der Waals surface area contributed by atoms with Crippen LogP contribution in [0, 0.1) is 0 Å². The summed E-state index contributed by atoms with van der Waals surface area (Å²) in [6.45, 7) is 0.961. The third kappa shape index (κ3) is 1.31. The summed E-state index contributed by atoms with van der Waals surface area (Å²) in [6, 6.07) is 7.42. The molecule has 12 heavy (non-hydrogen) atoms. The van der Waals surface area contributed by atoms with Gasteiger partial charge in [-0.25, -0.2) is 4.79 Å². The van der Waals surface area contributed by atoms with Crippen molar-refractivity contribution < 1.29 is 9.90 Å². The van der Waals surface area contributed by atoms with Crippen LogP contribution in [0.5, 0.6) is 0 Å². The van der Waals surface area contributed by atoms with E-state index in [2.05, 4.69) is 5.32 Å². The van der Waals surface area contributed by atoms with Crippen molar-refractivity contribution >= 4 is 5.97 Å². The van der Waals surface area contributed by atoms with E-state index in [1.54, 1.807) is 18.2 Å². The van der Waals surface area contributed by atoms with Crippen molar-refractivity contribution in [3.8, 4) is 0 Å². The summed E-state index contributed by atoms with van der Waals surface area (Å²) >= 11 is 0. The zero-order valence-corrected chi connectivity index (χ0v) is 6.45. The van der Waals surface area contributed by atoms with Crippen LogP contribution in [-0.4, -0.2) is 17.6 Å². The van der Waals surface area contributed by atoms with Gasteiger partial charge in [0, 0.05) is 12.6 Å². The molecule has 0 amide bonds. The standard InChI is InChI=1S/C9H9NO2/c11-9(12)7-3-1-2-6(4-7)8-5-10-8/h1-4,8,10H,5H2,(H,11,12)/t8-/m1/s1. The number of rotatable bonds is 2. The number of carboxylic acid groups (broad SMARTS) is 1. The Kier molecular flexibility index (Phi) is 1.59. The Bertz CT molecular complexity index is 318. The van der Waals surface area contributed by atoms with Crippen LogP contribution >= 0.6 is 0 Å². The monoisotopic (exact) mass is 163 g/mol. The topological polar surface area (TPSA) is 59.2 Å². The molecule has 1 aromatic carbocycles. The number of nitrogens with one attached hydrogen (secondary N) is 1. The Labute approximate surface area is 70.0 Å². The minimum atomic E-state index is -0.863. The maximum absolute atomic E-state index is 10.6. The van der Waals surface area contributed by atoms with Crippen LogP contribution in [0.4, 0.5) is 0 Å². The first kappa shape index (κ1) is 7.31. The summed E-state index contributed by atoms with van der Waals surface area (Å²) in [7, 11) is 0. The highest BCUT2D eigenvalue weighted by molar-refractivity contribution is 5.87. The van der Waals surface area contributed by atoms with Gasteiger partial charge in [0.15, 0.2) is 0 Å². The number of aromatic carboxylic acids is 1. The van der Waals surface area contributed by atoms with Crippen molar-refractivity contribution in [3.05, 3.63) is 35.4 Å². The number of carboxylic acids is 1. The highest BCUT2D eigenvalue weighted by Crippen LogP contribution is 2.21. The maximum Gasteiger partial charge on any atom is 0.335 e. The molecule has 0 bridgehead atoms. The second-order valence-corrected chi connectivity index (χ2v) is 2.89. The lowest BCUT2D eigenvalue weighted by atomic mass is 10.1. The molecule has 62 valence electrons. The van der Waals surface area contributed by atoms with E-state index in [1.807, 2.05) is 6.07 Å². The molecular formula is C9H9NO2. The summed E-state index contributed by atoms with van der Waals surface area (Å²) < 4.78 is 0. The predicted octanol–water partition coefficient (Wildman–Crippen LogP) is 1.03. The zero-order chi connectivity index (χ0) is 8.55. The summed E-state index contributed by atoms with van der Waals surface area (Å²) in [6.07, 6.45) is 0. The zero-order valence-electron chi connectivity index (χ0n) is 6.45. The number of carbonyl (C=O) groups is 1. The Morgan fingerprint density at radius 2 is 2.33 bits per heavy atom. The van der Waals surface area contributed by atoms with Crippen LogP contribution in [0.1, 0.15) is 22.0 Å². The lowest BCUT2D eigenvalue weighted by molar-refractivity contribution is 0.0697. The van der Waals surface area contributed by atoms with Crippen molar-refractivity contribution in [1.82, 2.24) is 5.32 Å². The lowest BCUT2D eigenvalue weighted by Gasteiger charge is -1.97. The van der Waals surface area contributed by atoms with E-state index in [1.165, 1.54) is 0 Å². The highest BCUT2D eigenvalue weighted by atomic mass is 16.4. The normalized spacial score (nSPS) is 20.5. The Morgan fingerprint density at radius 1 is 1.58 bits per heavy atom. The molecule has 2 rings (SSSR count). The summed E-state index contributed by atoms with van der Waals surface area (Å²) in [5.74, 6) is -0.863. The van der Waals surface area contributed by atoms with Gasteiger partial charge in [-0.15, -0.1) is 0 Å². The van der Waals surface area contributed by atoms with Crippen molar-refractivity contribution in [2.45, 2.75) is 6.04 Å². The molecule has 3 heteroatoms. The molecule has 0 aliphatic carbocycles. The van der Waals surface area contributed by atoms with Crippen LogP contribution in [-0.2, 0) is 0 Å². The smallest absolute Gasteiger partial charge is 0.335 e. The van der Waals surface area contributed by atoms with Gasteiger partial charge in [-0.2, -0.15) is 0 Å². The molecule has 1 saturated heterocycles. The van der Waals surface area contributed by atoms with Gasteiger partial charge in [0.25, 0.3) is 0 Å². The fraction of sp³-hybridized carbons (Fsp3) is 0.222. The van der Waals surface area contributed by atoms with Crippen LogP contribution < -0.4 is 5.32 Å². The van der Waals surface area contributed by atoms with E-state index in [4.69, 9.17) is 5.11 Å². The van der Waals surface area contributed by atoms with Gasteiger partial charge in [0.1, 0.15) is 0 Å². The SMILES string of the molecule is O=C(O)c1cccc([C@H]2CN2)c1. The lowest BCUT2D eigenvalue weighted by Crippen LogP contribution is -1.97. The third-order valence-corrected chi connectivity index (χ3v) is 1.94. The first-order valence-electron chi connectivity index (χ1n) is 3.84. The van der Waals surface area contributed by atoms with E-state index in [-0.39, 0.29) is 0 Å².